The van der Waals surface area contributed by atoms with Gasteiger partial charge < -0.3 is 15.5 Å². The second-order valence-corrected chi connectivity index (χ2v) is 11.2. The summed E-state index contributed by atoms with van der Waals surface area (Å²) in [6.45, 7) is 6.67. The number of nitrogens with zero attached hydrogens (tertiary/aromatic N) is 1. The number of nitrogens with one attached hydrogen (secondary N) is 2. The van der Waals surface area contributed by atoms with Crippen LogP contribution >= 0.6 is 0 Å². The fraction of sp³-hybridized carbons (Fsp3) is 0.917. The molecular formula is C24H41N3O2. The predicted molar refractivity (Wildman–Crippen MR) is 115 cm³/mol. The van der Waals surface area contributed by atoms with Gasteiger partial charge in [-0.1, -0.05) is 13.8 Å². The zero-order valence-electron chi connectivity index (χ0n) is 18.9. The van der Waals surface area contributed by atoms with Crippen molar-refractivity contribution in [2.24, 2.45) is 34.5 Å². The molecule has 0 radical (unpaired) electrons. The second kappa shape index (κ2) is 7.86. The zero-order valence-corrected chi connectivity index (χ0v) is 18.9. The zero-order chi connectivity index (χ0) is 20.8. The van der Waals surface area contributed by atoms with Crippen molar-refractivity contribution < 1.29 is 9.59 Å². The molecule has 0 bridgehead atoms. The largest absolute Gasteiger partial charge is 0.356 e. The summed E-state index contributed by atoms with van der Waals surface area (Å²) in [6.07, 6.45) is 9.76. The maximum absolute atomic E-state index is 13.1. The van der Waals surface area contributed by atoms with E-state index in [-0.39, 0.29) is 22.7 Å². The van der Waals surface area contributed by atoms with Crippen LogP contribution in [0.5, 0.6) is 0 Å². The van der Waals surface area contributed by atoms with Crippen LogP contribution in [-0.4, -0.2) is 49.9 Å². The van der Waals surface area contributed by atoms with Crippen LogP contribution in [-0.2, 0) is 9.59 Å². The summed E-state index contributed by atoms with van der Waals surface area (Å²) in [5.74, 6) is 2.85. The van der Waals surface area contributed by atoms with Crippen LogP contribution in [0.1, 0.15) is 71.6 Å². The molecule has 0 aromatic rings. The first-order valence-electron chi connectivity index (χ1n) is 12.0. The molecule has 29 heavy (non-hydrogen) atoms. The van der Waals surface area contributed by atoms with Crippen LogP contribution < -0.4 is 10.6 Å². The SMILES string of the molecule is CN(C)CCCNC(=O)[C@H]1CC[C@H]2[C@@H]3CC[C@H]4NC(=O)CC[C@]4(C)[C@H]3CC[C@]12C. The Hall–Kier alpha value is -1.10. The minimum Gasteiger partial charge on any atom is -0.356 e. The molecular weight excluding hydrogens is 362 g/mol. The Morgan fingerprint density at radius 1 is 1.07 bits per heavy atom. The van der Waals surface area contributed by atoms with Crippen molar-refractivity contribution in [3.05, 3.63) is 0 Å². The van der Waals surface area contributed by atoms with Crippen LogP contribution in [0, 0.1) is 34.5 Å². The summed E-state index contributed by atoms with van der Waals surface area (Å²) in [6, 6.07) is 0.367. The molecule has 0 unspecified atom stereocenters. The Morgan fingerprint density at radius 2 is 1.83 bits per heavy atom. The predicted octanol–water partition coefficient (Wildman–Crippen LogP) is 3.19. The quantitative estimate of drug-likeness (QED) is 0.693. The number of fused-ring (bicyclic) bond motifs is 5. The lowest BCUT2D eigenvalue weighted by Crippen LogP contribution is -2.61. The van der Waals surface area contributed by atoms with Gasteiger partial charge in [0.1, 0.15) is 0 Å². The van der Waals surface area contributed by atoms with E-state index in [1.807, 2.05) is 0 Å². The first-order chi connectivity index (χ1) is 13.8. The van der Waals surface area contributed by atoms with Gasteiger partial charge in [0.25, 0.3) is 0 Å². The molecule has 7 atom stereocenters. The number of piperidine rings is 1. The number of rotatable bonds is 5. The monoisotopic (exact) mass is 403 g/mol. The molecule has 1 aliphatic heterocycles. The van der Waals surface area contributed by atoms with Gasteiger partial charge in [-0.2, -0.15) is 0 Å². The third-order valence-electron chi connectivity index (χ3n) is 9.49. The van der Waals surface area contributed by atoms with Gasteiger partial charge in [0.15, 0.2) is 0 Å². The van der Waals surface area contributed by atoms with Crippen molar-refractivity contribution in [2.75, 3.05) is 27.2 Å². The Bertz CT molecular complexity index is 650. The number of hydrogen-bond donors (Lipinski definition) is 2. The number of amides is 2. The average molecular weight is 404 g/mol. The fourth-order valence-electron chi connectivity index (χ4n) is 7.86. The maximum atomic E-state index is 13.1. The normalized spacial score (nSPS) is 43.9. The van der Waals surface area contributed by atoms with E-state index in [4.69, 9.17) is 0 Å². The Balaban J connectivity index is 1.43. The average Bonchev–Trinajstić information content (AvgIpc) is 3.03. The van der Waals surface area contributed by atoms with E-state index in [1.54, 1.807) is 0 Å². The van der Waals surface area contributed by atoms with E-state index in [0.29, 0.717) is 30.2 Å². The Labute approximate surface area is 176 Å². The Kier molecular flexibility index (Phi) is 5.73. The number of hydrogen-bond acceptors (Lipinski definition) is 3. The summed E-state index contributed by atoms with van der Waals surface area (Å²) < 4.78 is 0. The molecule has 164 valence electrons. The standard InChI is InChI=1S/C24H41N3O2/c1-23-12-10-18-16(6-9-20-24(18,2)13-11-21(28)26-20)17(23)7-8-19(23)22(29)25-14-5-15-27(3)4/h16-20H,5-15H2,1-4H3,(H,25,29)(H,26,28)/t16-,17-,18-,19+,20+,23-,24+/m0/s1. The molecule has 0 aromatic heterocycles. The summed E-state index contributed by atoms with van der Waals surface area (Å²) >= 11 is 0. The molecule has 5 nitrogen and oxygen atoms in total. The molecule has 1 saturated heterocycles. The van der Waals surface area contributed by atoms with E-state index in [1.165, 1.54) is 25.7 Å². The number of carbonyl (C=O) groups is 2. The number of carbonyl (C=O) groups excluding carboxylic acids is 2. The van der Waals surface area contributed by atoms with E-state index < -0.39 is 0 Å². The fourth-order valence-corrected chi connectivity index (χ4v) is 7.86. The minimum absolute atomic E-state index is 0.161. The molecule has 4 rings (SSSR count). The van der Waals surface area contributed by atoms with Crippen LogP contribution in [0.3, 0.4) is 0 Å². The highest BCUT2D eigenvalue weighted by Gasteiger charge is 2.61. The summed E-state index contributed by atoms with van der Waals surface area (Å²) in [5, 5.41) is 6.57. The molecule has 3 saturated carbocycles. The lowest BCUT2D eigenvalue weighted by atomic mass is 9.47. The van der Waals surface area contributed by atoms with Crippen molar-refractivity contribution in [2.45, 2.75) is 77.7 Å². The van der Waals surface area contributed by atoms with Gasteiger partial charge in [-0.15, -0.1) is 0 Å². The van der Waals surface area contributed by atoms with E-state index in [9.17, 15) is 9.59 Å². The first-order valence-corrected chi connectivity index (χ1v) is 12.0. The van der Waals surface area contributed by atoms with Gasteiger partial charge in [-0.3, -0.25) is 9.59 Å². The van der Waals surface area contributed by atoms with Gasteiger partial charge in [-0.05, 0) is 101 Å². The summed E-state index contributed by atoms with van der Waals surface area (Å²) in [7, 11) is 4.16. The molecule has 1 heterocycles. The van der Waals surface area contributed by atoms with Crippen LogP contribution in [0.4, 0.5) is 0 Å². The third-order valence-corrected chi connectivity index (χ3v) is 9.49. The van der Waals surface area contributed by atoms with Crippen molar-refractivity contribution in [1.29, 1.82) is 0 Å². The van der Waals surface area contributed by atoms with E-state index in [0.717, 1.165) is 44.7 Å². The topological polar surface area (TPSA) is 61.4 Å². The lowest BCUT2D eigenvalue weighted by Gasteiger charge is -2.60. The molecule has 3 aliphatic carbocycles. The van der Waals surface area contributed by atoms with Gasteiger partial charge in [0, 0.05) is 24.9 Å². The highest BCUT2D eigenvalue weighted by molar-refractivity contribution is 5.80. The van der Waals surface area contributed by atoms with Crippen LogP contribution in [0.15, 0.2) is 0 Å². The molecule has 2 amide bonds. The van der Waals surface area contributed by atoms with Crippen molar-refractivity contribution in [1.82, 2.24) is 15.5 Å². The summed E-state index contributed by atoms with van der Waals surface area (Å²) in [5.41, 5.74) is 0.415. The van der Waals surface area contributed by atoms with Crippen molar-refractivity contribution in [3.63, 3.8) is 0 Å². The minimum atomic E-state index is 0.161. The molecule has 5 heteroatoms. The van der Waals surface area contributed by atoms with Crippen LogP contribution in [0.2, 0.25) is 0 Å². The summed E-state index contributed by atoms with van der Waals surface area (Å²) in [4.78, 5) is 27.2. The van der Waals surface area contributed by atoms with Crippen LogP contribution in [0.25, 0.3) is 0 Å². The smallest absolute Gasteiger partial charge is 0.223 e. The van der Waals surface area contributed by atoms with E-state index >= 15 is 0 Å². The van der Waals surface area contributed by atoms with Crippen molar-refractivity contribution >= 4 is 11.8 Å². The van der Waals surface area contributed by atoms with Gasteiger partial charge >= 0.3 is 0 Å². The first kappa shape index (κ1) is 21.1. The molecule has 4 fully saturated rings. The molecule has 0 aromatic carbocycles. The van der Waals surface area contributed by atoms with Gasteiger partial charge in [-0.25, -0.2) is 0 Å². The molecule has 4 aliphatic rings. The van der Waals surface area contributed by atoms with Gasteiger partial charge in [0.05, 0.1) is 0 Å². The molecule has 0 spiro atoms. The highest BCUT2D eigenvalue weighted by atomic mass is 16.2. The Morgan fingerprint density at radius 3 is 2.59 bits per heavy atom. The van der Waals surface area contributed by atoms with Crippen molar-refractivity contribution in [3.8, 4) is 0 Å². The third kappa shape index (κ3) is 3.62. The van der Waals surface area contributed by atoms with Gasteiger partial charge in [0.2, 0.25) is 11.8 Å². The molecule has 2 N–H and O–H groups in total. The second-order valence-electron chi connectivity index (χ2n) is 11.2. The maximum Gasteiger partial charge on any atom is 0.223 e. The van der Waals surface area contributed by atoms with E-state index in [2.05, 4.69) is 43.5 Å². The lowest BCUT2D eigenvalue weighted by molar-refractivity contribution is -0.141. The highest BCUT2D eigenvalue weighted by Crippen LogP contribution is 2.65.